The van der Waals surface area contributed by atoms with Crippen molar-refractivity contribution in [2.24, 2.45) is 0 Å². The number of rotatable bonds is 7. The summed E-state index contributed by atoms with van der Waals surface area (Å²) in [6.07, 6.45) is 1.56. The number of halogens is 2. The Morgan fingerprint density at radius 3 is 2.53 bits per heavy atom. The molecular formula is C22H19Cl2N3O4S. The number of nitrogens with one attached hydrogen (secondary N) is 2. The first-order valence-electron chi connectivity index (χ1n) is 9.57. The maximum atomic E-state index is 12.5. The van der Waals surface area contributed by atoms with E-state index in [9.17, 15) is 19.2 Å². The van der Waals surface area contributed by atoms with Gasteiger partial charge in [0.2, 0.25) is 5.91 Å². The summed E-state index contributed by atoms with van der Waals surface area (Å²) in [7, 11) is 0. The van der Waals surface area contributed by atoms with Gasteiger partial charge in [0.25, 0.3) is 17.1 Å². The lowest BCUT2D eigenvalue weighted by atomic mass is 10.1. The van der Waals surface area contributed by atoms with Crippen LogP contribution in [0.15, 0.2) is 47.4 Å². The molecule has 166 valence electrons. The monoisotopic (exact) mass is 491 g/mol. The normalized spacial score (nSPS) is 14.7. The van der Waals surface area contributed by atoms with Crippen LogP contribution in [0.4, 0.5) is 4.79 Å². The molecule has 32 heavy (non-hydrogen) atoms. The molecular weight excluding hydrogens is 473 g/mol. The van der Waals surface area contributed by atoms with Gasteiger partial charge in [-0.3, -0.25) is 24.1 Å². The number of carbonyl (C=O) groups excluding carboxylic acids is 4. The molecule has 2 aromatic carbocycles. The fraction of sp³-hybridized carbons (Fsp3) is 0.182. The van der Waals surface area contributed by atoms with Gasteiger partial charge in [0, 0.05) is 18.7 Å². The molecule has 1 aliphatic rings. The van der Waals surface area contributed by atoms with E-state index in [4.69, 9.17) is 23.2 Å². The summed E-state index contributed by atoms with van der Waals surface area (Å²) in [6.45, 7) is 1.67. The van der Waals surface area contributed by atoms with Crippen LogP contribution in [0.1, 0.15) is 21.5 Å². The van der Waals surface area contributed by atoms with Crippen LogP contribution in [0.25, 0.3) is 6.08 Å². The Labute approximate surface area is 199 Å². The van der Waals surface area contributed by atoms with Crippen molar-refractivity contribution in [2.75, 3.05) is 19.6 Å². The lowest BCUT2D eigenvalue weighted by molar-refractivity contribution is -0.124. The smallest absolute Gasteiger partial charge is 0.293 e. The summed E-state index contributed by atoms with van der Waals surface area (Å²) in [4.78, 5) is 50.2. The molecule has 0 unspecified atom stereocenters. The molecule has 3 rings (SSSR count). The van der Waals surface area contributed by atoms with Crippen LogP contribution in [0.3, 0.4) is 0 Å². The highest BCUT2D eigenvalue weighted by Gasteiger charge is 2.34. The average Bonchev–Trinajstić information content (AvgIpc) is 3.02. The van der Waals surface area contributed by atoms with Crippen molar-refractivity contribution in [3.8, 4) is 0 Å². The number of amides is 4. The van der Waals surface area contributed by atoms with E-state index < -0.39 is 17.1 Å². The van der Waals surface area contributed by atoms with Crippen LogP contribution >= 0.6 is 35.0 Å². The minimum Gasteiger partial charge on any atom is -0.353 e. The van der Waals surface area contributed by atoms with Crippen molar-refractivity contribution in [2.45, 2.75) is 6.92 Å². The highest BCUT2D eigenvalue weighted by atomic mass is 35.5. The molecule has 0 saturated carbocycles. The molecule has 7 nitrogen and oxygen atoms in total. The molecule has 1 heterocycles. The summed E-state index contributed by atoms with van der Waals surface area (Å²) in [5.41, 5.74) is 1.94. The predicted molar refractivity (Wildman–Crippen MR) is 126 cm³/mol. The van der Waals surface area contributed by atoms with E-state index in [0.717, 1.165) is 22.2 Å². The Morgan fingerprint density at radius 2 is 1.81 bits per heavy atom. The first-order valence-corrected chi connectivity index (χ1v) is 11.1. The maximum absolute atomic E-state index is 12.5. The Kier molecular flexibility index (Phi) is 7.95. The number of hydrogen-bond acceptors (Lipinski definition) is 5. The van der Waals surface area contributed by atoms with Crippen molar-refractivity contribution < 1.29 is 19.2 Å². The first kappa shape index (κ1) is 23.8. The van der Waals surface area contributed by atoms with E-state index in [1.54, 1.807) is 49.4 Å². The van der Waals surface area contributed by atoms with Crippen LogP contribution in [-0.2, 0) is 9.59 Å². The number of aryl methyl sites for hydroxylation is 1. The molecule has 0 bridgehead atoms. The fourth-order valence-corrected chi connectivity index (χ4v) is 4.07. The number of imide groups is 1. The van der Waals surface area contributed by atoms with Crippen LogP contribution < -0.4 is 10.6 Å². The van der Waals surface area contributed by atoms with E-state index in [-0.39, 0.29) is 30.4 Å². The lowest BCUT2D eigenvalue weighted by Crippen LogP contribution is -2.41. The Morgan fingerprint density at radius 1 is 1.06 bits per heavy atom. The third-order valence-corrected chi connectivity index (χ3v) is 6.22. The zero-order chi connectivity index (χ0) is 23.3. The first-order chi connectivity index (χ1) is 15.3. The zero-order valence-electron chi connectivity index (χ0n) is 17.0. The van der Waals surface area contributed by atoms with Gasteiger partial charge < -0.3 is 10.6 Å². The number of hydrogen-bond donors (Lipinski definition) is 2. The van der Waals surface area contributed by atoms with Gasteiger partial charge in [-0.05, 0) is 54.1 Å². The minimum absolute atomic E-state index is 0.0147. The van der Waals surface area contributed by atoms with E-state index in [2.05, 4.69) is 10.6 Å². The quantitative estimate of drug-likeness (QED) is 0.572. The van der Waals surface area contributed by atoms with Crippen LogP contribution in [0.2, 0.25) is 10.0 Å². The van der Waals surface area contributed by atoms with E-state index in [1.165, 1.54) is 0 Å². The standard InChI is InChI=1S/C22H19Cl2N3O4S/c1-13-4-2-3-5-15(13)20(29)26-12-19(28)25-8-9-27-21(30)18(32-22(27)31)11-14-6-7-16(23)17(24)10-14/h2-7,10-11H,8-9,12H2,1H3,(H,25,28)(H,26,29). The van der Waals surface area contributed by atoms with Crippen LogP contribution in [0.5, 0.6) is 0 Å². The summed E-state index contributed by atoms with van der Waals surface area (Å²) >= 11 is 12.7. The van der Waals surface area contributed by atoms with E-state index in [0.29, 0.717) is 21.2 Å². The highest BCUT2D eigenvalue weighted by Crippen LogP contribution is 2.33. The van der Waals surface area contributed by atoms with Crippen LogP contribution in [-0.4, -0.2) is 47.5 Å². The van der Waals surface area contributed by atoms with Crippen molar-refractivity contribution >= 4 is 64.0 Å². The molecule has 1 aliphatic heterocycles. The number of nitrogens with zero attached hydrogens (tertiary/aromatic N) is 1. The van der Waals surface area contributed by atoms with Gasteiger partial charge in [-0.2, -0.15) is 0 Å². The molecule has 0 aromatic heterocycles. The number of carbonyl (C=O) groups is 4. The zero-order valence-corrected chi connectivity index (χ0v) is 19.3. The second-order valence-corrected chi connectivity index (χ2v) is 8.66. The highest BCUT2D eigenvalue weighted by molar-refractivity contribution is 8.18. The molecule has 0 atom stereocenters. The molecule has 1 fully saturated rings. The average molecular weight is 492 g/mol. The SMILES string of the molecule is Cc1ccccc1C(=O)NCC(=O)NCCN1C(=O)SC(=Cc2ccc(Cl)c(Cl)c2)C1=O. The Bertz CT molecular complexity index is 1120. The van der Waals surface area contributed by atoms with Gasteiger partial charge in [0.15, 0.2) is 0 Å². The Hall–Kier alpha value is -2.81. The number of benzene rings is 2. The Balaban J connectivity index is 1.48. The molecule has 10 heteroatoms. The molecule has 2 N–H and O–H groups in total. The minimum atomic E-state index is -0.451. The summed E-state index contributed by atoms with van der Waals surface area (Å²) in [5, 5.41) is 5.44. The maximum Gasteiger partial charge on any atom is 0.293 e. The lowest BCUT2D eigenvalue weighted by Gasteiger charge is -2.13. The second-order valence-electron chi connectivity index (χ2n) is 6.85. The molecule has 2 aromatic rings. The number of thioether (sulfide) groups is 1. The third-order valence-electron chi connectivity index (χ3n) is 4.57. The third kappa shape index (κ3) is 5.91. The van der Waals surface area contributed by atoms with Gasteiger partial charge in [-0.15, -0.1) is 0 Å². The second kappa shape index (κ2) is 10.7. The molecule has 0 spiro atoms. The summed E-state index contributed by atoms with van der Waals surface area (Å²) in [6, 6.07) is 11.9. The van der Waals surface area contributed by atoms with E-state index in [1.807, 2.05) is 6.07 Å². The van der Waals surface area contributed by atoms with Crippen LogP contribution in [0, 0.1) is 6.92 Å². The van der Waals surface area contributed by atoms with Gasteiger partial charge in [0.05, 0.1) is 21.5 Å². The van der Waals surface area contributed by atoms with Gasteiger partial charge >= 0.3 is 0 Å². The fourth-order valence-electron chi connectivity index (χ4n) is 2.90. The van der Waals surface area contributed by atoms with Crippen molar-refractivity contribution in [1.82, 2.24) is 15.5 Å². The van der Waals surface area contributed by atoms with Crippen molar-refractivity contribution in [1.29, 1.82) is 0 Å². The van der Waals surface area contributed by atoms with Crippen molar-refractivity contribution in [3.05, 3.63) is 74.1 Å². The summed E-state index contributed by atoms with van der Waals surface area (Å²) < 4.78 is 0. The molecule has 0 aliphatic carbocycles. The van der Waals surface area contributed by atoms with E-state index >= 15 is 0 Å². The van der Waals surface area contributed by atoms with Gasteiger partial charge in [-0.25, -0.2) is 0 Å². The molecule has 1 saturated heterocycles. The topological polar surface area (TPSA) is 95.6 Å². The van der Waals surface area contributed by atoms with Crippen molar-refractivity contribution in [3.63, 3.8) is 0 Å². The molecule has 4 amide bonds. The van der Waals surface area contributed by atoms with Gasteiger partial charge in [-0.1, -0.05) is 47.5 Å². The largest absolute Gasteiger partial charge is 0.353 e. The predicted octanol–water partition coefficient (Wildman–Crippen LogP) is 3.88. The summed E-state index contributed by atoms with van der Waals surface area (Å²) in [5.74, 6) is -1.23. The van der Waals surface area contributed by atoms with Gasteiger partial charge in [0.1, 0.15) is 0 Å². The molecule has 0 radical (unpaired) electrons.